The van der Waals surface area contributed by atoms with Crippen molar-refractivity contribution in [1.29, 1.82) is 0 Å². The number of rotatable bonds is 4. The summed E-state index contributed by atoms with van der Waals surface area (Å²) >= 11 is 6.28. The van der Waals surface area contributed by atoms with E-state index in [1.54, 1.807) is 0 Å². The van der Waals surface area contributed by atoms with Crippen LogP contribution in [0.15, 0.2) is 24.4 Å². The lowest BCUT2D eigenvalue weighted by molar-refractivity contribution is 0.0365. The van der Waals surface area contributed by atoms with Gasteiger partial charge in [-0.2, -0.15) is 0 Å². The molecule has 3 heterocycles. The van der Waals surface area contributed by atoms with E-state index < -0.39 is 0 Å². The number of ether oxygens (including phenoxy) is 1. The van der Waals surface area contributed by atoms with Gasteiger partial charge in [-0.05, 0) is 49.5 Å². The summed E-state index contributed by atoms with van der Waals surface area (Å²) in [5, 5.41) is 5.68. The lowest BCUT2D eigenvalue weighted by Crippen LogP contribution is -2.38. The minimum Gasteiger partial charge on any atom is -0.379 e. The maximum Gasteiger partial charge on any atom is 0.0594 e. The first-order valence-corrected chi connectivity index (χ1v) is 9.48. The van der Waals surface area contributed by atoms with Crippen LogP contribution in [0.2, 0.25) is 5.02 Å². The van der Waals surface area contributed by atoms with Gasteiger partial charge in [-0.15, -0.1) is 0 Å². The molecule has 1 N–H and O–H groups in total. The number of hydrogen-bond donors (Lipinski definition) is 1. The normalized spacial score (nSPS) is 20.7. The van der Waals surface area contributed by atoms with Gasteiger partial charge in [-0.3, -0.25) is 4.90 Å². The SMILES string of the molecule is Clc1ccc2c(C3CCNCC3)cn(CCN3CCOCC3)c2c1. The summed E-state index contributed by atoms with van der Waals surface area (Å²) in [6, 6.07) is 6.36. The highest BCUT2D eigenvalue weighted by Gasteiger charge is 2.20. The van der Waals surface area contributed by atoms with Gasteiger partial charge in [-0.25, -0.2) is 0 Å². The van der Waals surface area contributed by atoms with Gasteiger partial charge in [0.05, 0.1) is 13.2 Å². The molecule has 0 saturated carbocycles. The molecule has 0 bridgehead atoms. The van der Waals surface area contributed by atoms with Crippen LogP contribution in [0.1, 0.15) is 24.3 Å². The summed E-state index contributed by atoms with van der Waals surface area (Å²) in [6.45, 7) is 8.14. The minimum absolute atomic E-state index is 0.666. The molecule has 4 rings (SSSR count). The molecule has 5 heteroatoms. The Morgan fingerprint density at radius 2 is 1.92 bits per heavy atom. The highest BCUT2D eigenvalue weighted by Crippen LogP contribution is 2.34. The van der Waals surface area contributed by atoms with E-state index in [1.165, 1.54) is 29.3 Å². The van der Waals surface area contributed by atoms with Gasteiger partial charge in [0.15, 0.2) is 0 Å². The Balaban J connectivity index is 1.60. The summed E-state index contributed by atoms with van der Waals surface area (Å²) in [5.74, 6) is 0.666. The number of morpholine rings is 1. The zero-order valence-corrected chi connectivity index (χ0v) is 14.9. The fourth-order valence-electron chi connectivity index (χ4n) is 4.01. The van der Waals surface area contributed by atoms with Crippen molar-refractivity contribution in [2.45, 2.75) is 25.3 Å². The number of nitrogens with zero attached hydrogens (tertiary/aromatic N) is 2. The molecule has 0 radical (unpaired) electrons. The summed E-state index contributed by atoms with van der Waals surface area (Å²) in [6.07, 6.45) is 4.84. The van der Waals surface area contributed by atoms with Crippen LogP contribution in [-0.4, -0.2) is 55.4 Å². The zero-order chi connectivity index (χ0) is 16.4. The lowest BCUT2D eigenvalue weighted by Gasteiger charge is -2.26. The Kier molecular flexibility index (Phi) is 5.09. The third-order valence-corrected chi connectivity index (χ3v) is 5.65. The first-order valence-electron chi connectivity index (χ1n) is 9.10. The molecule has 4 nitrogen and oxygen atoms in total. The van der Waals surface area contributed by atoms with Crippen molar-refractivity contribution < 1.29 is 4.74 Å². The van der Waals surface area contributed by atoms with E-state index in [2.05, 4.69) is 33.1 Å². The number of benzene rings is 1. The Morgan fingerprint density at radius 3 is 2.71 bits per heavy atom. The molecule has 2 saturated heterocycles. The zero-order valence-electron chi connectivity index (χ0n) is 14.1. The van der Waals surface area contributed by atoms with Crippen molar-refractivity contribution in [3.05, 3.63) is 35.0 Å². The van der Waals surface area contributed by atoms with E-state index in [9.17, 15) is 0 Å². The van der Waals surface area contributed by atoms with Crippen LogP contribution in [0.25, 0.3) is 10.9 Å². The minimum atomic E-state index is 0.666. The van der Waals surface area contributed by atoms with E-state index in [1.807, 2.05) is 6.07 Å². The smallest absolute Gasteiger partial charge is 0.0594 e. The molecule has 130 valence electrons. The second-order valence-corrected chi connectivity index (χ2v) is 7.35. The molecule has 2 aliphatic rings. The van der Waals surface area contributed by atoms with E-state index >= 15 is 0 Å². The number of aromatic nitrogens is 1. The standard InChI is InChI=1S/C19H26ClN3O/c20-16-1-2-17-18(15-3-5-21-6-4-15)14-23(19(17)13-16)8-7-22-9-11-24-12-10-22/h1-2,13-15,21H,3-12H2. The summed E-state index contributed by atoms with van der Waals surface area (Å²) in [5.41, 5.74) is 2.79. The van der Waals surface area contributed by atoms with Crippen LogP contribution in [0.5, 0.6) is 0 Å². The molecule has 1 aromatic heterocycles. The van der Waals surface area contributed by atoms with Crippen LogP contribution in [0.4, 0.5) is 0 Å². The molecule has 0 aliphatic carbocycles. The Morgan fingerprint density at radius 1 is 1.12 bits per heavy atom. The van der Waals surface area contributed by atoms with E-state index in [4.69, 9.17) is 16.3 Å². The summed E-state index contributed by atoms with van der Waals surface area (Å²) in [4.78, 5) is 2.49. The third-order valence-electron chi connectivity index (χ3n) is 5.41. The molecule has 0 amide bonds. The van der Waals surface area contributed by atoms with Crippen molar-refractivity contribution in [1.82, 2.24) is 14.8 Å². The fraction of sp³-hybridized carbons (Fsp3) is 0.579. The first-order chi connectivity index (χ1) is 11.8. The van der Waals surface area contributed by atoms with Crippen molar-refractivity contribution in [2.75, 3.05) is 45.9 Å². The molecule has 2 fully saturated rings. The molecule has 0 spiro atoms. The van der Waals surface area contributed by atoms with Gasteiger partial charge in [0.25, 0.3) is 0 Å². The largest absolute Gasteiger partial charge is 0.379 e. The maximum absolute atomic E-state index is 6.28. The highest BCUT2D eigenvalue weighted by molar-refractivity contribution is 6.31. The summed E-state index contributed by atoms with van der Waals surface area (Å²) < 4.78 is 7.86. The van der Waals surface area contributed by atoms with Gasteiger partial charge in [-0.1, -0.05) is 17.7 Å². The molecular weight excluding hydrogens is 322 g/mol. The van der Waals surface area contributed by atoms with Crippen molar-refractivity contribution in [2.24, 2.45) is 0 Å². The Hall–Kier alpha value is -1.07. The Bertz CT molecular complexity index is 687. The highest BCUT2D eigenvalue weighted by atomic mass is 35.5. The number of hydrogen-bond acceptors (Lipinski definition) is 3. The van der Waals surface area contributed by atoms with Crippen molar-refractivity contribution >= 4 is 22.5 Å². The topological polar surface area (TPSA) is 29.4 Å². The Labute approximate surface area is 148 Å². The monoisotopic (exact) mass is 347 g/mol. The molecule has 1 aromatic carbocycles. The molecule has 2 aromatic rings. The number of piperidine rings is 1. The van der Waals surface area contributed by atoms with Gasteiger partial charge in [0.2, 0.25) is 0 Å². The lowest BCUT2D eigenvalue weighted by atomic mass is 9.90. The molecule has 24 heavy (non-hydrogen) atoms. The second kappa shape index (κ2) is 7.44. The molecule has 0 unspecified atom stereocenters. The fourth-order valence-corrected chi connectivity index (χ4v) is 4.18. The van der Waals surface area contributed by atoms with Crippen LogP contribution in [0.3, 0.4) is 0 Å². The maximum atomic E-state index is 6.28. The average molecular weight is 348 g/mol. The van der Waals surface area contributed by atoms with Crippen molar-refractivity contribution in [3.8, 4) is 0 Å². The van der Waals surface area contributed by atoms with Crippen LogP contribution in [0, 0.1) is 0 Å². The van der Waals surface area contributed by atoms with Gasteiger partial charge in [0, 0.05) is 48.3 Å². The predicted molar refractivity (Wildman–Crippen MR) is 99.1 cm³/mol. The predicted octanol–water partition coefficient (Wildman–Crippen LogP) is 3.09. The summed E-state index contributed by atoms with van der Waals surface area (Å²) in [7, 11) is 0. The van der Waals surface area contributed by atoms with Crippen LogP contribution < -0.4 is 5.32 Å². The van der Waals surface area contributed by atoms with Gasteiger partial charge < -0.3 is 14.6 Å². The molecule has 2 aliphatic heterocycles. The van der Waals surface area contributed by atoms with Gasteiger partial charge >= 0.3 is 0 Å². The quantitative estimate of drug-likeness (QED) is 0.921. The van der Waals surface area contributed by atoms with Crippen LogP contribution >= 0.6 is 11.6 Å². The van der Waals surface area contributed by atoms with E-state index in [0.29, 0.717) is 5.92 Å². The number of halogens is 1. The molecular formula is C19H26ClN3O. The number of fused-ring (bicyclic) bond motifs is 1. The average Bonchev–Trinajstić information content (AvgIpc) is 2.99. The first kappa shape index (κ1) is 16.4. The van der Waals surface area contributed by atoms with Crippen LogP contribution in [-0.2, 0) is 11.3 Å². The second-order valence-electron chi connectivity index (χ2n) is 6.92. The third kappa shape index (κ3) is 3.47. The van der Waals surface area contributed by atoms with E-state index in [-0.39, 0.29) is 0 Å². The molecule has 0 atom stereocenters. The van der Waals surface area contributed by atoms with Gasteiger partial charge in [0.1, 0.15) is 0 Å². The van der Waals surface area contributed by atoms with Crippen molar-refractivity contribution in [3.63, 3.8) is 0 Å². The van der Waals surface area contributed by atoms with E-state index in [0.717, 1.165) is 57.5 Å². The number of nitrogens with one attached hydrogen (secondary N) is 1.